The molecule has 5 rings (SSSR count). The second kappa shape index (κ2) is 4.90. The Morgan fingerprint density at radius 2 is 1.18 bits per heavy atom. The summed E-state index contributed by atoms with van der Waals surface area (Å²) in [6.45, 7) is 3.08. The predicted octanol–water partition coefficient (Wildman–Crippen LogP) is 3.64. The van der Waals surface area contributed by atoms with Gasteiger partial charge in [-0.15, -0.1) is 4.71 Å². The van der Waals surface area contributed by atoms with Gasteiger partial charge in [0.15, 0.2) is 19.1 Å². The van der Waals surface area contributed by atoms with E-state index in [1.807, 2.05) is 24.3 Å². The molecule has 2 aromatic carbocycles. The van der Waals surface area contributed by atoms with Crippen LogP contribution in [-0.2, 0) is 0 Å². The molecule has 0 unspecified atom stereocenters. The number of nitrogens with zero attached hydrogens (tertiary/aromatic N) is 2. The van der Waals surface area contributed by atoms with Gasteiger partial charge in [0.2, 0.25) is 6.04 Å². The van der Waals surface area contributed by atoms with Gasteiger partial charge in [0, 0.05) is 11.1 Å². The Morgan fingerprint density at radius 1 is 0.727 bits per heavy atom. The molecule has 0 amide bonds. The lowest BCUT2D eigenvalue weighted by Gasteiger charge is -2.56. The third kappa shape index (κ3) is 2.00. The quantitative estimate of drug-likeness (QED) is 0.586. The van der Waals surface area contributed by atoms with Crippen molar-refractivity contribution in [1.29, 1.82) is 0 Å². The lowest BCUT2D eigenvalue weighted by molar-refractivity contribution is -1.18. The van der Waals surface area contributed by atoms with Crippen LogP contribution < -0.4 is 0 Å². The topological polar surface area (TPSA) is 0 Å². The monoisotopic (exact) mass is 298 g/mol. The normalized spacial score (nSPS) is 37.2. The molecule has 0 radical (unpaired) electrons. The van der Waals surface area contributed by atoms with Crippen molar-refractivity contribution >= 4 is 0 Å². The molecule has 2 aromatic rings. The van der Waals surface area contributed by atoms with E-state index in [0.717, 1.165) is 23.1 Å². The van der Waals surface area contributed by atoms with E-state index >= 15 is 4.48 Å². The molecule has 3 aliphatic rings. The van der Waals surface area contributed by atoms with Crippen LogP contribution in [-0.4, -0.2) is 42.4 Å². The van der Waals surface area contributed by atoms with Crippen LogP contribution in [0.1, 0.15) is 23.2 Å². The van der Waals surface area contributed by atoms with Gasteiger partial charge >= 0.3 is 0 Å². The third-order valence-electron chi connectivity index (χ3n) is 5.72. The van der Waals surface area contributed by atoms with Crippen LogP contribution in [0, 0.1) is 0 Å². The standard InChI is InChI=1S/C19H23FN2/c1-21-12-14-22(20,15-13-21)19(17-10-6-3-7-11-17)18(21)16-8-4-2-5-9-16/h2-11,18-19H,12-15H2,1H3/q+2/t18-,19-,21?,22?/m1/s1. The van der Waals surface area contributed by atoms with Crippen molar-refractivity contribution in [3.05, 3.63) is 71.8 Å². The summed E-state index contributed by atoms with van der Waals surface area (Å²) in [7, 11) is 2.30. The zero-order chi connectivity index (χ0) is 15.2. The van der Waals surface area contributed by atoms with Crippen molar-refractivity contribution in [3.63, 3.8) is 0 Å². The summed E-state index contributed by atoms with van der Waals surface area (Å²) in [5.74, 6) is 0. The van der Waals surface area contributed by atoms with Crippen molar-refractivity contribution in [2.75, 3.05) is 33.2 Å². The van der Waals surface area contributed by atoms with Crippen LogP contribution in [0.5, 0.6) is 0 Å². The van der Waals surface area contributed by atoms with E-state index in [9.17, 15) is 0 Å². The summed E-state index contributed by atoms with van der Waals surface area (Å²) in [5, 5.41) is 0. The van der Waals surface area contributed by atoms with E-state index in [-0.39, 0.29) is 16.8 Å². The summed E-state index contributed by atoms with van der Waals surface area (Å²) < 4.78 is 16.4. The number of hydrogen-bond acceptors (Lipinski definition) is 0. The highest BCUT2D eigenvalue weighted by Gasteiger charge is 2.63. The Morgan fingerprint density at radius 3 is 1.68 bits per heavy atom. The van der Waals surface area contributed by atoms with Crippen LogP contribution in [0.4, 0.5) is 4.48 Å². The van der Waals surface area contributed by atoms with Crippen LogP contribution in [0.25, 0.3) is 0 Å². The van der Waals surface area contributed by atoms with Crippen LogP contribution in [0.2, 0.25) is 0 Å². The molecule has 0 saturated carbocycles. The number of halogens is 1. The molecule has 3 aliphatic heterocycles. The maximum atomic E-state index is 15.7. The average molecular weight is 298 g/mol. The second-order valence-electron chi connectivity index (χ2n) is 7.01. The van der Waals surface area contributed by atoms with E-state index in [1.165, 1.54) is 5.56 Å². The minimum Gasteiger partial charge on any atom is -0.305 e. The maximum Gasteiger partial charge on any atom is 0.207 e. The largest absolute Gasteiger partial charge is 0.305 e. The van der Waals surface area contributed by atoms with Gasteiger partial charge in [-0.1, -0.05) is 60.7 Å². The molecule has 114 valence electrons. The van der Waals surface area contributed by atoms with E-state index in [2.05, 4.69) is 43.4 Å². The fourth-order valence-corrected chi connectivity index (χ4v) is 4.46. The Labute approximate surface area is 131 Å². The fraction of sp³-hybridized carbons (Fsp3) is 0.368. The van der Waals surface area contributed by atoms with Gasteiger partial charge in [-0.3, -0.25) is 0 Å². The first-order chi connectivity index (χ1) is 10.6. The SMILES string of the molecule is C[N+]12CC[N+](F)(CC1)[C@H](c1ccccc1)[C@H]2c1ccccc1. The van der Waals surface area contributed by atoms with Gasteiger partial charge in [0.05, 0.1) is 7.05 Å². The van der Waals surface area contributed by atoms with Crippen molar-refractivity contribution in [1.82, 2.24) is 0 Å². The summed E-state index contributed by atoms with van der Waals surface area (Å²) in [6, 6.07) is 20.9. The maximum absolute atomic E-state index is 15.7. The highest BCUT2D eigenvalue weighted by Crippen LogP contribution is 2.52. The molecular formula is C19H23FN2+2. The van der Waals surface area contributed by atoms with Gasteiger partial charge in [-0.05, 0) is 4.48 Å². The number of benzene rings is 2. The first-order valence-electron chi connectivity index (χ1n) is 8.13. The molecule has 0 aromatic heterocycles. The Kier molecular flexibility index (Phi) is 3.10. The first-order valence-corrected chi connectivity index (χ1v) is 8.13. The van der Waals surface area contributed by atoms with Crippen molar-refractivity contribution < 1.29 is 13.7 Å². The summed E-state index contributed by atoms with van der Waals surface area (Å²) >= 11 is 0. The van der Waals surface area contributed by atoms with Crippen LogP contribution in [0.15, 0.2) is 60.7 Å². The first kappa shape index (κ1) is 13.9. The second-order valence-corrected chi connectivity index (χ2v) is 7.01. The lowest BCUT2D eigenvalue weighted by Crippen LogP contribution is -2.72. The molecule has 3 heteroatoms. The minimum absolute atomic E-state index is 0.101. The van der Waals surface area contributed by atoms with E-state index < -0.39 is 0 Å². The van der Waals surface area contributed by atoms with Crippen LogP contribution >= 0.6 is 0 Å². The van der Waals surface area contributed by atoms with Gasteiger partial charge in [0.25, 0.3) is 0 Å². The molecular weight excluding hydrogens is 275 g/mol. The molecule has 2 atom stereocenters. The Hall–Kier alpha value is -1.71. The zero-order valence-corrected chi connectivity index (χ0v) is 13.0. The van der Waals surface area contributed by atoms with Crippen molar-refractivity contribution in [2.24, 2.45) is 0 Å². The van der Waals surface area contributed by atoms with Gasteiger partial charge in [0.1, 0.15) is 13.1 Å². The number of hydrogen-bond donors (Lipinski definition) is 0. The summed E-state index contributed by atoms with van der Waals surface area (Å²) in [5.41, 5.74) is 2.39. The summed E-state index contributed by atoms with van der Waals surface area (Å²) in [4.78, 5) is 0. The molecule has 0 spiro atoms. The van der Waals surface area contributed by atoms with Crippen LogP contribution in [0.3, 0.4) is 0 Å². The molecule has 3 saturated heterocycles. The molecule has 2 bridgehead atoms. The molecule has 22 heavy (non-hydrogen) atoms. The van der Waals surface area contributed by atoms with Gasteiger partial charge in [-0.25, -0.2) is 0 Å². The van der Waals surface area contributed by atoms with E-state index in [4.69, 9.17) is 0 Å². The molecule has 0 N–H and O–H groups in total. The molecule has 2 nitrogen and oxygen atoms in total. The van der Waals surface area contributed by atoms with Crippen molar-refractivity contribution in [3.8, 4) is 0 Å². The van der Waals surface area contributed by atoms with E-state index in [0.29, 0.717) is 13.1 Å². The molecule has 0 aliphatic carbocycles. The zero-order valence-electron chi connectivity index (χ0n) is 13.0. The number of fused-ring (bicyclic) bond motifs is 3. The summed E-state index contributed by atoms with van der Waals surface area (Å²) in [6.07, 6.45) is 0. The number of rotatable bonds is 2. The third-order valence-corrected chi connectivity index (χ3v) is 5.72. The van der Waals surface area contributed by atoms with Crippen molar-refractivity contribution in [2.45, 2.75) is 12.1 Å². The van der Waals surface area contributed by atoms with Gasteiger partial charge in [-0.2, -0.15) is 0 Å². The molecule has 3 heterocycles. The lowest BCUT2D eigenvalue weighted by atomic mass is 9.84. The predicted molar refractivity (Wildman–Crippen MR) is 85.4 cm³/mol. The van der Waals surface area contributed by atoms with E-state index in [1.54, 1.807) is 0 Å². The molecule has 3 fully saturated rings. The number of piperazine rings is 3. The Bertz CT molecular complexity index is 588. The smallest absolute Gasteiger partial charge is 0.207 e. The number of quaternary nitrogens is 2. The fourth-order valence-electron chi connectivity index (χ4n) is 4.46. The highest BCUT2D eigenvalue weighted by atomic mass is 19.2. The average Bonchev–Trinajstić information content (AvgIpc) is 2.57. The number of likely N-dealkylation sites (N-methyl/N-ethyl adjacent to an activating group) is 1. The minimum atomic E-state index is -0.308. The Balaban J connectivity index is 1.88. The van der Waals surface area contributed by atoms with Gasteiger partial charge < -0.3 is 4.48 Å². The highest BCUT2D eigenvalue weighted by molar-refractivity contribution is 5.26.